The molecule has 0 radical (unpaired) electrons. The summed E-state index contributed by atoms with van der Waals surface area (Å²) in [6.45, 7) is 4.76. The number of anilines is 3. The van der Waals surface area contributed by atoms with E-state index in [1.807, 2.05) is 0 Å². The highest BCUT2D eigenvalue weighted by molar-refractivity contribution is 6.73. The molecular weight excluding hydrogens is 649 g/mol. The van der Waals surface area contributed by atoms with Crippen LogP contribution in [0.25, 0.3) is 44.5 Å². The van der Waals surface area contributed by atoms with Gasteiger partial charge in [-0.1, -0.05) is 183 Å². The quantitative estimate of drug-likeness (QED) is 0.157. The lowest BCUT2D eigenvalue weighted by Crippen LogP contribution is -2.45. The van der Waals surface area contributed by atoms with Crippen molar-refractivity contribution in [2.75, 3.05) is 4.90 Å². The highest BCUT2D eigenvalue weighted by Crippen LogP contribution is 2.52. The average molecular weight is 690 g/mol. The second-order valence-corrected chi connectivity index (χ2v) is 15.3. The fraction of sp³-hybridized carbons (Fsp3) is 0.0769. The van der Waals surface area contributed by atoms with Crippen molar-refractivity contribution in [3.63, 3.8) is 0 Å². The molecule has 2 heterocycles. The molecule has 2 heteroatoms. The Morgan fingerprint density at radius 3 is 1.67 bits per heavy atom. The van der Waals surface area contributed by atoms with Crippen molar-refractivity contribution in [1.29, 1.82) is 0 Å². The van der Waals surface area contributed by atoms with Crippen LogP contribution in [0.1, 0.15) is 36.1 Å². The molecule has 10 rings (SSSR count). The first-order valence-electron chi connectivity index (χ1n) is 19.1. The predicted octanol–water partition coefficient (Wildman–Crippen LogP) is 11.8. The molecule has 0 saturated carbocycles. The van der Waals surface area contributed by atoms with Gasteiger partial charge in [-0.2, -0.15) is 0 Å². The maximum Gasteiger partial charge on any atom is 0.198 e. The molecule has 0 bridgehead atoms. The number of nitrogens with zero attached hydrogens (tertiary/aromatic N) is 1. The van der Waals surface area contributed by atoms with Crippen LogP contribution in [0.4, 0.5) is 17.1 Å². The summed E-state index contributed by atoms with van der Waals surface area (Å²) in [5.41, 5.74) is 22.0. The minimum Gasteiger partial charge on any atom is -0.311 e. The van der Waals surface area contributed by atoms with Gasteiger partial charge < -0.3 is 4.90 Å². The molecule has 0 amide bonds. The zero-order valence-electron chi connectivity index (χ0n) is 30.8. The van der Waals surface area contributed by atoms with Gasteiger partial charge in [0.05, 0.1) is 5.69 Å². The molecule has 256 valence electrons. The molecule has 0 N–H and O–H groups in total. The van der Waals surface area contributed by atoms with Crippen LogP contribution in [0.2, 0.25) is 0 Å². The predicted molar refractivity (Wildman–Crippen MR) is 231 cm³/mol. The smallest absolute Gasteiger partial charge is 0.198 e. The summed E-state index contributed by atoms with van der Waals surface area (Å²) in [6, 6.07) is 69.6. The first-order chi connectivity index (χ1) is 26.5. The topological polar surface area (TPSA) is 3.24 Å². The first kappa shape index (κ1) is 32.3. The molecule has 0 unspecified atom stereocenters. The van der Waals surface area contributed by atoms with E-state index in [2.05, 4.69) is 207 Å². The van der Waals surface area contributed by atoms with E-state index in [1.165, 1.54) is 94.7 Å². The summed E-state index contributed by atoms with van der Waals surface area (Å²) in [5, 5.41) is 0. The lowest BCUT2D eigenvalue weighted by Gasteiger charge is -2.46. The molecule has 2 aliphatic heterocycles. The van der Waals surface area contributed by atoms with E-state index >= 15 is 0 Å². The van der Waals surface area contributed by atoms with Gasteiger partial charge in [0.15, 0.2) is 7.28 Å². The Morgan fingerprint density at radius 2 is 1.00 bits per heavy atom. The van der Waals surface area contributed by atoms with Gasteiger partial charge in [0, 0.05) is 16.8 Å². The molecule has 0 fully saturated rings. The maximum atomic E-state index is 2.58. The number of rotatable bonds is 6. The molecule has 1 nitrogen and oxygen atoms in total. The summed E-state index contributed by atoms with van der Waals surface area (Å²) in [7, 11) is 0.883. The van der Waals surface area contributed by atoms with E-state index in [-0.39, 0.29) is 5.41 Å². The highest BCUT2D eigenvalue weighted by atomic mass is 15.2. The molecule has 0 spiro atoms. The number of fused-ring (bicyclic) bond motifs is 4. The summed E-state index contributed by atoms with van der Waals surface area (Å²) in [5.74, 6) is 0. The summed E-state index contributed by atoms with van der Waals surface area (Å²) in [6.07, 6.45) is 0.822. The lowest BCUT2D eigenvalue weighted by molar-refractivity contribution is 0.632. The third-order valence-corrected chi connectivity index (χ3v) is 11.7. The molecular formula is C52H40BN. The number of hydrogen-bond donors (Lipinski definition) is 0. The van der Waals surface area contributed by atoms with Gasteiger partial charge in [0.25, 0.3) is 0 Å². The van der Waals surface area contributed by atoms with Crippen molar-refractivity contribution in [2.24, 2.45) is 0 Å². The Balaban J connectivity index is 1.18. The van der Waals surface area contributed by atoms with Crippen molar-refractivity contribution in [2.45, 2.75) is 25.7 Å². The molecule has 8 aromatic carbocycles. The molecule has 0 aliphatic carbocycles. The fourth-order valence-electron chi connectivity index (χ4n) is 9.03. The van der Waals surface area contributed by atoms with Crippen molar-refractivity contribution in [3.8, 4) is 44.5 Å². The minimum absolute atomic E-state index is 0.102. The van der Waals surface area contributed by atoms with E-state index in [0.29, 0.717) is 0 Å². The van der Waals surface area contributed by atoms with Gasteiger partial charge in [-0.25, -0.2) is 0 Å². The fourth-order valence-corrected chi connectivity index (χ4v) is 9.03. The third kappa shape index (κ3) is 5.41. The van der Waals surface area contributed by atoms with Crippen molar-refractivity contribution in [3.05, 3.63) is 210 Å². The van der Waals surface area contributed by atoms with Gasteiger partial charge in [0.2, 0.25) is 0 Å². The van der Waals surface area contributed by atoms with Crippen LogP contribution < -0.4 is 15.8 Å². The monoisotopic (exact) mass is 689 g/mol. The number of para-hydroxylation sites is 2. The number of benzene rings is 8. The van der Waals surface area contributed by atoms with Gasteiger partial charge in [-0.3, -0.25) is 0 Å². The highest BCUT2D eigenvalue weighted by Gasteiger charge is 2.41. The standard InChI is InChI=1S/C52H40BN/c1-52(2)45-25-14-15-28-48(45)54-49-34-42(38-21-10-5-11-22-38)33-44(50(49)53-47-27-16-26-46(52)51(47)54)43-24-13-12-23-39(43)29-35-30-40(36-17-6-3-7-18-36)32-41(31-35)37-19-8-4-9-20-37/h3-28,30-34,53H,29H2,1-2H3. The number of hydrogen-bond acceptors (Lipinski definition) is 1. The van der Waals surface area contributed by atoms with Crippen LogP contribution in [-0.4, -0.2) is 7.28 Å². The zero-order chi connectivity index (χ0) is 36.2. The van der Waals surface area contributed by atoms with Crippen LogP contribution in [0.15, 0.2) is 188 Å². The second-order valence-electron chi connectivity index (χ2n) is 15.3. The normalized spacial score (nSPS) is 13.3. The molecule has 0 saturated heterocycles. The zero-order valence-corrected chi connectivity index (χ0v) is 30.8. The lowest BCUT2D eigenvalue weighted by atomic mass is 9.55. The molecule has 0 aromatic heterocycles. The molecule has 8 aromatic rings. The Hall–Kier alpha value is -6.38. The molecule has 2 aliphatic rings. The van der Waals surface area contributed by atoms with Gasteiger partial charge >= 0.3 is 0 Å². The van der Waals surface area contributed by atoms with E-state index in [9.17, 15) is 0 Å². The Morgan fingerprint density at radius 1 is 0.444 bits per heavy atom. The molecule has 54 heavy (non-hydrogen) atoms. The van der Waals surface area contributed by atoms with Gasteiger partial charge in [-0.15, -0.1) is 0 Å². The second kappa shape index (κ2) is 12.9. The maximum absolute atomic E-state index is 2.58. The van der Waals surface area contributed by atoms with Crippen LogP contribution in [0.3, 0.4) is 0 Å². The van der Waals surface area contributed by atoms with Crippen molar-refractivity contribution < 1.29 is 0 Å². The molecule has 0 atom stereocenters. The average Bonchev–Trinajstić information content (AvgIpc) is 3.23. The Bertz CT molecular complexity index is 2620. The summed E-state index contributed by atoms with van der Waals surface area (Å²) < 4.78 is 0. The van der Waals surface area contributed by atoms with Crippen LogP contribution in [0, 0.1) is 0 Å². The van der Waals surface area contributed by atoms with Crippen LogP contribution in [-0.2, 0) is 11.8 Å². The third-order valence-electron chi connectivity index (χ3n) is 11.7. The Kier molecular flexibility index (Phi) is 7.73. The first-order valence-corrected chi connectivity index (χ1v) is 19.1. The van der Waals surface area contributed by atoms with E-state index < -0.39 is 0 Å². The SMILES string of the molecule is CC1(C)c2ccccc2N2c3cc(-c4ccccc4)cc(-c4ccccc4Cc4cc(-c5ccccc5)cc(-c5ccccc5)c4)c3Bc3cccc1c32. The van der Waals surface area contributed by atoms with Gasteiger partial charge in [0.1, 0.15) is 0 Å². The van der Waals surface area contributed by atoms with E-state index in [0.717, 1.165) is 13.7 Å². The summed E-state index contributed by atoms with van der Waals surface area (Å²) in [4.78, 5) is 2.58. The summed E-state index contributed by atoms with van der Waals surface area (Å²) >= 11 is 0. The van der Waals surface area contributed by atoms with E-state index in [4.69, 9.17) is 0 Å². The van der Waals surface area contributed by atoms with Crippen molar-refractivity contribution >= 4 is 35.3 Å². The Labute approximate surface area is 319 Å². The minimum atomic E-state index is -0.102. The van der Waals surface area contributed by atoms with Gasteiger partial charge in [-0.05, 0) is 103 Å². The van der Waals surface area contributed by atoms with Crippen molar-refractivity contribution in [1.82, 2.24) is 0 Å². The van der Waals surface area contributed by atoms with Crippen LogP contribution in [0.5, 0.6) is 0 Å². The van der Waals surface area contributed by atoms with Crippen LogP contribution >= 0.6 is 0 Å². The largest absolute Gasteiger partial charge is 0.311 e. The van der Waals surface area contributed by atoms with E-state index in [1.54, 1.807) is 0 Å².